The molecule has 0 saturated heterocycles. The van der Waals surface area contributed by atoms with Crippen LogP contribution < -0.4 is 0 Å². The zero-order valence-electron chi connectivity index (χ0n) is 7.89. The van der Waals surface area contributed by atoms with E-state index < -0.39 is 0 Å². The topological polar surface area (TPSA) is 25.8 Å². The van der Waals surface area contributed by atoms with E-state index in [1.165, 1.54) is 0 Å². The summed E-state index contributed by atoms with van der Waals surface area (Å²) in [5.41, 5.74) is 1.98. The summed E-state index contributed by atoms with van der Waals surface area (Å²) in [5, 5.41) is 0. The molecule has 0 bridgehead atoms. The molecule has 1 aromatic heterocycles. The molecule has 0 N–H and O–H groups in total. The minimum Gasteiger partial charge on any atom is -0.427 e. The van der Waals surface area contributed by atoms with E-state index in [4.69, 9.17) is 0 Å². The van der Waals surface area contributed by atoms with E-state index in [2.05, 4.69) is 23.0 Å². The van der Waals surface area contributed by atoms with Gasteiger partial charge in [-0.15, -0.1) is 11.4 Å². The normalized spacial score (nSPS) is 9.25. The first-order chi connectivity index (χ1) is 5.22. The molecule has 0 aliphatic rings. The van der Waals surface area contributed by atoms with Gasteiger partial charge in [-0.3, -0.25) is 9.97 Å². The zero-order valence-corrected chi connectivity index (χ0v) is 10.7. The van der Waals surface area contributed by atoms with Crippen LogP contribution in [0.1, 0.15) is 30.6 Å². The van der Waals surface area contributed by atoms with E-state index >= 15 is 0 Å². The molecule has 0 aromatic carbocycles. The summed E-state index contributed by atoms with van der Waals surface area (Å²) >= 11 is 0. The first-order valence-corrected chi connectivity index (χ1v) is 3.96. The van der Waals surface area contributed by atoms with Crippen molar-refractivity contribution < 1.29 is 32.7 Å². The fourth-order valence-electron chi connectivity index (χ4n) is 1.08. The molecule has 1 heterocycles. The molecular formula is C9H13N2Y-. The minimum atomic E-state index is 0. The number of aromatic nitrogens is 2. The van der Waals surface area contributed by atoms with E-state index in [9.17, 15) is 0 Å². The van der Waals surface area contributed by atoms with Gasteiger partial charge in [0.1, 0.15) is 5.82 Å². The summed E-state index contributed by atoms with van der Waals surface area (Å²) in [6, 6.07) is 3.13. The van der Waals surface area contributed by atoms with E-state index in [-0.39, 0.29) is 32.7 Å². The molecule has 0 aliphatic carbocycles. The number of hydrogen-bond acceptors (Lipinski definition) is 2. The van der Waals surface area contributed by atoms with Crippen molar-refractivity contribution in [3.05, 3.63) is 23.3 Å². The number of nitrogens with zero attached hydrogens (tertiary/aromatic N) is 2. The molecule has 0 fully saturated rings. The van der Waals surface area contributed by atoms with Crippen molar-refractivity contribution in [1.82, 2.24) is 9.97 Å². The van der Waals surface area contributed by atoms with Crippen LogP contribution in [-0.4, -0.2) is 9.97 Å². The first kappa shape index (κ1) is 12.2. The summed E-state index contributed by atoms with van der Waals surface area (Å²) in [6.45, 7) is 6.01. The number of aryl methyl sites for hydroxylation is 3. The van der Waals surface area contributed by atoms with Crippen LogP contribution in [0.4, 0.5) is 0 Å². The van der Waals surface area contributed by atoms with Gasteiger partial charge in [-0.25, -0.2) is 0 Å². The van der Waals surface area contributed by atoms with Crippen molar-refractivity contribution >= 4 is 0 Å². The Morgan fingerprint density at radius 3 is 2.42 bits per heavy atom. The molecule has 1 aromatic rings. The molecule has 0 amide bonds. The molecule has 0 aliphatic heterocycles. The third-order valence-electron chi connectivity index (χ3n) is 1.44. The predicted molar refractivity (Wildman–Crippen MR) is 44.3 cm³/mol. The third kappa shape index (κ3) is 3.73. The van der Waals surface area contributed by atoms with Crippen LogP contribution in [-0.2, 0) is 39.1 Å². The second-order valence-corrected chi connectivity index (χ2v) is 2.68. The van der Waals surface area contributed by atoms with Crippen LogP contribution in [0.25, 0.3) is 0 Å². The van der Waals surface area contributed by atoms with Gasteiger partial charge in [0.2, 0.25) is 0 Å². The second kappa shape index (κ2) is 5.77. The standard InChI is InChI=1S/C9H13N2.Y/c1-4-5-9-6-7(2)10-8(3)11-9;/h4-5H2,1-3H3;/q-1;. The summed E-state index contributed by atoms with van der Waals surface area (Å²) in [7, 11) is 0. The van der Waals surface area contributed by atoms with Crippen LogP contribution >= 0.6 is 0 Å². The van der Waals surface area contributed by atoms with Gasteiger partial charge in [0.05, 0.1) is 0 Å². The fraction of sp³-hybridized carbons (Fsp3) is 0.556. The second-order valence-electron chi connectivity index (χ2n) is 2.68. The van der Waals surface area contributed by atoms with Gasteiger partial charge in [0.25, 0.3) is 0 Å². The van der Waals surface area contributed by atoms with Gasteiger partial charge in [0.15, 0.2) is 0 Å². The Bertz CT molecular complexity index is 228. The Balaban J connectivity index is 0.00000121. The average molecular weight is 238 g/mol. The molecule has 1 radical (unpaired) electrons. The maximum Gasteiger partial charge on any atom is 0.118 e. The Morgan fingerprint density at radius 1 is 1.25 bits per heavy atom. The van der Waals surface area contributed by atoms with Crippen molar-refractivity contribution in [2.45, 2.75) is 33.6 Å². The number of hydrogen-bond donors (Lipinski definition) is 0. The van der Waals surface area contributed by atoms with E-state index in [0.29, 0.717) is 0 Å². The predicted octanol–water partition coefficient (Wildman–Crippen LogP) is 1.84. The molecule has 0 unspecified atom stereocenters. The SMILES string of the molecule is CCCc1[c-]c(C)nc(C)n1.[Y]. The van der Waals surface area contributed by atoms with Gasteiger partial charge in [-0.1, -0.05) is 20.3 Å². The minimum absolute atomic E-state index is 0. The maximum absolute atomic E-state index is 4.26. The molecule has 12 heavy (non-hydrogen) atoms. The Morgan fingerprint density at radius 2 is 1.92 bits per heavy atom. The molecular weight excluding hydrogens is 225 g/mol. The number of rotatable bonds is 2. The molecule has 2 nitrogen and oxygen atoms in total. The monoisotopic (exact) mass is 238 g/mol. The summed E-state index contributed by atoms with van der Waals surface area (Å²) in [5.74, 6) is 0.852. The van der Waals surface area contributed by atoms with Gasteiger partial charge in [0, 0.05) is 32.7 Å². The molecule has 63 valence electrons. The Hall–Kier alpha value is 0.184. The molecule has 3 heteroatoms. The van der Waals surface area contributed by atoms with Gasteiger partial charge < -0.3 is 6.07 Å². The maximum atomic E-state index is 4.26. The van der Waals surface area contributed by atoms with Gasteiger partial charge in [-0.05, 0) is 13.3 Å². The third-order valence-corrected chi connectivity index (χ3v) is 1.44. The van der Waals surface area contributed by atoms with Crippen LogP contribution in [0.15, 0.2) is 0 Å². The largest absolute Gasteiger partial charge is 0.427 e. The van der Waals surface area contributed by atoms with Gasteiger partial charge >= 0.3 is 0 Å². The molecule has 0 saturated carbocycles. The Labute approximate surface area is 99.1 Å². The molecule has 0 atom stereocenters. The summed E-state index contributed by atoms with van der Waals surface area (Å²) < 4.78 is 0. The van der Waals surface area contributed by atoms with Gasteiger partial charge in [-0.2, -0.15) is 0 Å². The van der Waals surface area contributed by atoms with Crippen molar-refractivity contribution in [1.29, 1.82) is 0 Å². The van der Waals surface area contributed by atoms with E-state index in [0.717, 1.165) is 30.1 Å². The quantitative estimate of drug-likeness (QED) is 0.735. The van der Waals surface area contributed by atoms with Crippen molar-refractivity contribution in [3.8, 4) is 0 Å². The zero-order chi connectivity index (χ0) is 8.27. The van der Waals surface area contributed by atoms with Crippen LogP contribution in [0.3, 0.4) is 0 Å². The van der Waals surface area contributed by atoms with E-state index in [1.54, 1.807) is 0 Å². The summed E-state index contributed by atoms with van der Waals surface area (Å²) in [4.78, 5) is 8.41. The fourth-order valence-corrected chi connectivity index (χ4v) is 1.08. The smallest absolute Gasteiger partial charge is 0.118 e. The Kier molecular flexibility index (Phi) is 5.85. The van der Waals surface area contributed by atoms with Crippen molar-refractivity contribution in [3.63, 3.8) is 0 Å². The molecule has 0 spiro atoms. The average Bonchev–Trinajstić information content (AvgIpc) is 1.85. The van der Waals surface area contributed by atoms with E-state index in [1.807, 2.05) is 13.8 Å². The van der Waals surface area contributed by atoms with Crippen LogP contribution in [0.2, 0.25) is 0 Å². The van der Waals surface area contributed by atoms with Crippen LogP contribution in [0.5, 0.6) is 0 Å². The molecule has 1 rings (SSSR count). The summed E-state index contributed by atoms with van der Waals surface area (Å²) in [6.07, 6.45) is 2.12. The van der Waals surface area contributed by atoms with Crippen LogP contribution in [0, 0.1) is 19.9 Å². The van der Waals surface area contributed by atoms with Crippen molar-refractivity contribution in [2.24, 2.45) is 0 Å². The van der Waals surface area contributed by atoms with Crippen molar-refractivity contribution in [2.75, 3.05) is 0 Å². The first-order valence-electron chi connectivity index (χ1n) is 3.96.